The van der Waals surface area contributed by atoms with Crippen molar-refractivity contribution in [2.75, 3.05) is 18.9 Å². The maximum Gasteiger partial charge on any atom is 0.222 e. The number of amides is 1. The number of anilines is 1. The lowest BCUT2D eigenvalue weighted by molar-refractivity contribution is -0.131. The van der Waals surface area contributed by atoms with Crippen molar-refractivity contribution < 1.29 is 4.79 Å². The molecule has 0 aliphatic carbocycles. The molecule has 2 rings (SSSR count). The molecule has 1 N–H and O–H groups in total. The largest absolute Gasteiger partial charge is 0.373 e. The number of nitrogens with one attached hydrogen (secondary N) is 1. The van der Waals surface area contributed by atoms with Gasteiger partial charge in [-0.1, -0.05) is 6.42 Å². The smallest absolute Gasteiger partial charge is 0.222 e. The first kappa shape index (κ1) is 12.8. The van der Waals surface area contributed by atoms with E-state index in [2.05, 4.69) is 15.3 Å². The summed E-state index contributed by atoms with van der Waals surface area (Å²) in [5.41, 5.74) is 0.923. The highest BCUT2D eigenvalue weighted by molar-refractivity contribution is 5.76. The van der Waals surface area contributed by atoms with Gasteiger partial charge in [-0.05, 0) is 19.8 Å². The highest BCUT2D eigenvalue weighted by Gasteiger charge is 2.18. The minimum atomic E-state index is 0.226. The fraction of sp³-hybridized carbons (Fsp3) is 0.615. The summed E-state index contributed by atoms with van der Waals surface area (Å²) in [4.78, 5) is 22.6. The summed E-state index contributed by atoms with van der Waals surface area (Å²) in [6.45, 7) is 3.29. The van der Waals surface area contributed by atoms with Crippen molar-refractivity contribution in [3.8, 4) is 0 Å². The second-order valence-electron chi connectivity index (χ2n) is 4.69. The van der Waals surface area contributed by atoms with Crippen LogP contribution in [0.15, 0.2) is 6.07 Å². The Morgan fingerprint density at radius 2 is 2.17 bits per heavy atom. The highest BCUT2D eigenvalue weighted by Crippen LogP contribution is 2.14. The van der Waals surface area contributed by atoms with Crippen molar-refractivity contribution >= 4 is 11.7 Å². The van der Waals surface area contributed by atoms with Crippen molar-refractivity contribution in [3.63, 3.8) is 0 Å². The van der Waals surface area contributed by atoms with E-state index in [0.717, 1.165) is 43.1 Å². The normalized spacial score (nSPS) is 16.6. The first-order valence-electron chi connectivity index (χ1n) is 6.49. The Bertz CT molecular complexity index is 433. The molecule has 0 radical (unpaired) electrons. The molecule has 18 heavy (non-hydrogen) atoms. The van der Waals surface area contributed by atoms with Crippen LogP contribution in [0.25, 0.3) is 0 Å². The van der Waals surface area contributed by atoms with Crippen LogP contribution in [-0.2, 0) is 11.3 Å². The summed E-state index contributed by atoms with van der Waals surface area (Å²) in [6, 6.07) is 1.90. The number of likely N-dealkylation sites (tertiary alicyclic amines) is 1. The molecule has 1 aliphatic rings. The van der Waals surface area contributed by atoms with Crippen LogP contribution in [0.5, 0.6) is 0 Å². The third kappa shape index (κ3) is 3.18. The van der Waals surface area contributed by atoms with E-state index in [1.807, 2.05) is 24.9 Å². The molecule has 0 unspecified atom stereocenters. The van der Waals surface area contributed by atoms with Crippen molar-refractivity contribution in [2.45, 2.75) is 39.2 Å². The maximum atomic E-state index is 11.9. The van der Waals surface area contributed by atoms with E-state index >= 15 is 0 Å². The topological polar surface area (TPSA) is 58.1 Å². The Labute approximate surface area is 108 Å². The van der Waals surface area contributed by atoms with E-state index in [4.69, 9.17) is 0 Å². The van der Waals surface area contributed by atoms with Gasteiger partial charge in [-0.15, -0.1) is 0 Å². The van der Waals surface area contributed by atoms with Gasteiger partial charge in [0.2, 0.25) is 5.91 Å². The lowest BCUT2D eigenvalue weighted by Gasteiger charge is -2.19. The van der Waals surface area contributed by atoms with E-state index in [0.29, 0.717) is 13.0 Å². The summed E-state index contributed by atoms with van der Waals surface area (Å²) in [5, 5.41) is 3.01. The molecule has 0 spiro atoms. The lowest BCUT2D eigenvalue weighted by atomic mass is 10.2. The SMILES string of the molecule is CNc1cc(C)nc(CN2CCCCCC2=O)n1. The minimum Gasteiger partial charge on any atom is -0.373 e. The molecule has 98 valence electrons. The van der Waals surface area contributed by atoms with Crippen molar-refractivity contribution in [1.29, 1.82) is 0 Å². The zero-order chi connectivity index (χ0) is 13.0. The lowest BCUT2D eigenvalue weighted by Crippen LogP contribution is -2.30. The number of aryl methyl sites for hydroxylation is 1. The fourth-order valence-electron chi connectivity index (χ4n) is 2.21. The van der Waals surface area contributed by atoms with Crippen LogP contribution in [0, 0.1) is 6.92 Å². The molecule has 0 aromatic carbocycles. The van der Waals surface area contributed by atoms with E-state index in [-0.39, 0.29) is 5.91 Å². The Hall–Kier alpha value is -1.65. The number of nitrogens with zero attached hydrogens (tertiary/aromatic N) is 3. The highest BCUT2D eigenvalue weighted by atomic mass is 16.2. The molecular formula is C13H20N4O. The van der Waals surface area contributed by atoms with Crippen LogP contribution in [0.2, 0.25) is 0 Å². The minimum absolute atomic E-state index is 0.226. The van der Waals surface area contributed by atoms with Gasteiger partial charge < -0.3 is 10.2 Å². The van der Waals surface area contributed by atoms with Crippen LogP contribution < -0.4 is 5.32 Å². The predicted molar refractivity (Wildman–Crippen MR) is 70.2 cm³/mol. The zero-order valence-corrected chi connectivity index (χ0v) is 11.1. The third-order valence-corrected chi connectivity index (χ3v) is 3.16. The van der Waals surface area contributed by atoms with Gasteiger partial charge in [0.25, 0.3) is 0 Å². The van der Waals surface area contributed by atoms with Gasteiger partial charge in [0.15, 0.2) is 0 Å². The predicted octanol–water partition coefficient (Wildman–Crippen LogP) is 1.73. The number of aromatic nitrogens is 2. The number of hydrogen-bond donors (Lipinski definition) is 1. The van der Waals surface area contributed by atoms with Crippen molar-refractivity contribution in [3.05, 3.63) is 17.6 Å². The summed E-state index contributed by atoms with van der Waals surface area (Å²) in [5.74, 6) is 1.75. The van der Waals surface area contributed by atoms with E-state index in [9.17, 15) is 4.79 Å². The Morgan fingerprint density at radius 3 is 2.94 bits per heavy atom. The fourth-order valence-corrected chi connectivity index (χ4v) is 2.21. The maximum absolute atomic E-state index is 11.9. The van der Waals surface area contributed by atoms with Gasteiger partial charge in [0.05, 0.1) is 6.54 Å². The van der Waals surface area contributed by atoms with Crippen molar-refractivity contribution in [1.82, 2.24) is 14.9 Å². The number of carbonyl (C=O) groups excluding carboxylic acids is 1. The zero-order valence-electron chi connectivity index (χ0n) is 11.1. The van der Waals surface area contributed by atoms with Crippen LogP contribution >= 0.6 is 0 Å². The molecule has 5 heteroatoms. The molecule has 5 nitrogen and oxygen atoms in total. The summed E-state index contributed by atoms with van der Waals surface area (Å²) >= 11 is 0. The number of rotatable bonds is 3. The van der Waals surface area contributed by atoms with E-state index in [1.165, 1.54) is 0 Å². The molecular weight excluding hydrogens is 228 g/mol. The van der Waals surface area contributed by atoms with Crippen LogP contribution in [-0.4, -0.2) is 34.4 Å². The van der Waals surface area contributed by atoms with Gasteiger partial charge in [0, 0.05) is 31.8 Å². The van der Waals surface area contributed by atoms with Crippen LogP contribution in [0.4, 0.5) is 5.82 Å². The molecule has 1 fully saturated rings. The van der Waals surface area contributed by atoms with Crippen molar-refractivity contribution in [2.24, 2.45) is 0 Å². The Morgan fingerprint density at radius 1 is 1.33 bits per heavy atom. The number of carbonyl (C=O) groups is 1. The summed E-state index contributed by atoms with van der Waals surface area (Å²) in [6.07, 6.45) is 3.88. The van der Waals surface area contributed by atoms with Gasteiger partial charge in [-0.3, -0.25) is 4.79 Å². The monoisotopic (exact) mass is 248 g/mol. The second kappa shape index (κ2) is 5.80. The quantitative estimate of drug-likeness (QED) is 0.885. The average molecular weight is 248 g/mol. The summed E-state index contributed by atoms with van der Waals surface area (Å²) in [7, 11) is 1.84. The molecule has 1 saturated heterocycles. The molecule has 0 saturated carbocycles. The van der Waals surface area contributed by atoms with E-state index < -0.39 is 0 Å². The summed E-state index contributed by atoms with van der Waals surface area (Å²) < 4.78 is 0. The molecule has 1 aromatic rings. The van der Waals surface area contributed by atoms with Gasteiger partial charge in [-0.25, -0.2) is 9.97 Å². The Balaban J connectivity index is 2.12. The first-order valence-corrected chi connectivity index (χ1v) is 6.49. The second-order valence-corrected chi connectivity index (χ2v) is 4.69. The standard InChI is InChI=1S/C13H20N4O/c1-10-8-11(14-2)16-12(15-10)9-17-7-5-3-4-6-13(17)18/h8H,3-7,9H2,1-2H3,(H,14,15,16). The molecule has 1 amide bonds. The molecule has 0 atom stereocenters. The van der Waals surface area contributed by atoms with E-state index in [1.54, 1.807) is 0 Å². The molecule has 0 bridgehead atoms. The average Bonchev–Trinajstić information content (AvgIpc) is 2.54. The third-order valence-electron chi connectivity index (χ3n) is 3.16. The van der Waals surface area contributed by atoms with Gasteiger partial charge in [-0.2, -0.15) is 0 Å². The molecule has 2 heterocycles. The van der Waals surface area contributed by atoms with Crippen LogP contribution in [0.1, 0.15) is 37.2 Å². The molecule has 1 aliphatic heterocycles. The van der Waals surface area contributed by atoms with Gasteiger partial charge in [0.1, 0.15) is 11.6 Å². The van der Waals surface area contributed by atoms with Crippen LogP contribution in [0.3, 0.4) is 0 Å². The molecule has 1 aromatic heterocycles. The Kier molecular flexibility index (Phi) is 4.12. The first-order chi connectivity index (χ1) is 8.69. The van der Waals surface area contributed by atoms with Gasteiger partial charge >= 0.3 is 0 Å². The number of hydrogen-bond acceptors (Lipinski definition) is 4.